The topological polar surface area (TPSA) is 104 Å². The van der Waals surface area contributed by atoms with E-state index in [2.05, 4.69) is 10.2 Å². The van der Waals surface area contributed by atoms with E-state index in [9.17, 15) is 14.9 Å². The van der Waals surface area contributed by atoms with Crippen molar-refractivity contribution in [2.24, 2.45) is 0 Å². The standard InChI is InChI=1S/C18H13N3O5/c1-25-15-7-5-12(6-8-15)16-9-10-17(20-19-16)26-18(22)13-3-2-4-14(11-13)21(23)24/h2-11H,1H3. The van der Waals surface area contributed by atoms with Crippen molar-refractivity contribution in [1.82, 2.24) is 10.2 Å². The van der Waals surface area contributed by atoms with Gasteiger partial charge in [0.25, 0.3) is 5.69 Å². The Labute approximate surface area is 148 Å². The van der Waals surface area contributed by atoms with Gasteiger partial charge in [0.2, 0.25) is 5.88 Å². The summed E-state index contributed by atoms with van der Waals surface area (Å²) >= 11 is 0. The molecule has 3 rings (SSSR count). The third kappa shape index (κ3) is 3.81. The molecule has 0 atom stereocenters. The van der Waals surface area contributed by atoms with Crippen LogP contribution in [0.5, 0.6) is 11.6 Å². The summed E-state index contributed by atoms with van der Waals surface area (Å²) in [5.74, 6) is -0.0248. The van der Waals surface area contributed by atoms with E-state index in [1.165, 1.54) is 24.3 Å². The minimum atomic E-state index is -0.750. The van der Waals surface area contributed by atoms with Crippen molar-refractivity contribution in [2.75, 3.05) is 7.11 Å². The predicted octanol–water partition coefficient (Wildman–Crippen LogP) is 3.28. The molecule has 0 radical (unpaired) electrons. The van der Waals surface area contributed by atoms with Gasteiger partial charge in [0.15, 0.2) is 0 Å². The van der Waals surface area contributed by atoms with Crippen LogP contribution in [0.1, 0.15) is 10.4 Å². The van der Waals surface area contributed by atoms with Crippen molar-refractivity contribution >= 4 is 11.7 Å². The maximum atomic E-state index is 12.1. The van der Waals surface area contributed by atoms with Gasteiger partial charge >= 0.3 is 5.97 Å². The van der Waals surface area contributed by atoms with Crippen LogP contribution < -0.4 is 9.47 Å². The number of rotatable bonds is 5. The molecule has 2 aromatic carbocycles. The zero-order valence-electron chi connectivity index (χ0n) is 13.7. The Hall–Kier alpha value is -3.81. The minimum Gasteiger partial charge on any atom is -0.497 e. The maximum Gasteiger partial charge on any atom is 0.345 e. The molecule has 8 nitrogen and oxygen atoms in total. The van der Waals surface area contributed by atoms with Crippen LogP contribution in [-0.2, 0) is 0 Å². The first kappa shape index (κ1) is 17.0. The summed E-state index contributed by atoms with van der Waals surface area (Å²) in [6.45, 7) is 0. The molecule has 0 unspecified atom stereocenters. The average molecular weight is 351 g/mol. The summed E-state index contributed by atoms with van der Waals surface area (Å²) in [5, 5.41) is 18.7. The minimum absolute atomic E-state index is 0.00114. The van der Waals surface area contributed by atoms with E-state index in [0.29, 0.717) is 5.69 Å². The van der Waals surface area contributed by atoms with E-state index in [-0.39, 0.29) is 17.1 Å². The number of carbonyl (C=O) groups excluding carboxylic acids is 1. The third-order valence-corrected chi connectivity index (χ3v) is 3.52. The molecule has 0 aliphatic rings. The molecule has 0 spiro atoms. The van der Waals surface area contributed by atoms with Gasteiger partial charge in [-0.25, -0.2) is 4.79 Å². The number of hydrogen-bond donors (Lipinski definition) is 0. The lowest BCUT2D eigenvalue weighted by Gasteiger charge is -2.05. The highest BCUT2D eigenvalue weighted by molar-refractivity contribution is 5.91. The van der Waals surface area contributed by atoms with Crippen molar-refractivity contribution in [3.63, 3.8) is 0 Å². The predicted molar refractivity (Wildman–Crippen MR) is 92.1 cm³/mol. The molecular weight excluding hydrogens is 338 g/mol. The van der Waals surface area contributed by atoms with Crippen molar-refractivity contribution in [2.45, 2.75) is 0 Å². The number of nitro benzene ring substituents is 1. The summed E-state index contributed by atoms with van der Waals surface area (Å²) in [6, 6.07) is 15.7. The number of esters is 1. The number of non-ortho nitro benzene ring substituents is 1. The molecule has 1 aromatic heterocycles. The van der Waals surface area contributed by atoms with Crippen LogP contribution in [0.15, 0.2) is 60.7 Å². The lowest BCUT2D eigenvalue weighted by molar-refractivity contribution is -0.384. The number of hydrogen-bond acceptors (Lipinski definition) is 7. The fourth-order valence-corrected chi connectivity index (χ4v) is 2.19. The van der Waals surface area contributed by atoms with Crippen LogP contribution in [0.25, 0.3) is 11.3 Å². The van der Waals surface area contributed by atoms with Crippen LogP contribution in [0.3, 0.4) is 0 Å². The SMILES string of the molecule is COc1ccc(-c2ccc(OC(=O)c3cccc([N+](=O)[O-])c3)nn2)cc1. The Bertz CT molecular complexity index is 940. The number of nitrogens with zero attached hydrogens (tertiary/aromatic N) is 3. The first-order valence-electron chi connectivity index (χ1n) is 7.51. The fourth-order valence-electron chi connectivity index (χ4n) is 2.19. The molecule has 0 fully saturated rings. The molecule has 0 bridgehead atoms. The lowest BCUT2D eigenvalue weighted by Crippen LogP contribution is -2.10. The van der Waals surface area contributed by atoms with E-state index in [1.807, 2.05) is 12.1 Å². The molecule has 0 aliphatic heterocycles. The van der Waals surface area contributed by atoms with Gasteiger partial charge in [-0.3, -0.25) is 10.1 Å². The zero-order valence-corrected chi connectivity index (χ0v) is 13.7. The van der Waals surface area contributed by atoms with Gasteiger partial charge in [0.1, 0.15) is 5.75 Å². The second-order valence-electron chi connectivity index (χ2n) is 5.18. The third-order valence-electron chi connectivity index (χ3n) is 3.52. The number of aromatic nitrogens is 2. The Balaban J connectivity index is 1.73. The zero-order chi connectivity index (χ0) is 18.5. The van der Waals surface area contributed by atoms with E-state index >= 15 is 0 Å². The summed E-state index contributed by atoms with van der Waals surface area (Å²) in [5.41, 5.74) is 1.29. The molecule has 1 heterocycles. The van der Waals surface area contributed by atoms with Crippen LogP contribution in [0.2, 0.25) is 0 Å². The Morgan fingerprint density at radius 1 is 1.04 bits per heavy atom. The maximum absolute atomic E-state index is 12.1. The normalized spacial score (nSPS) is 10.2. The molecule has 8 heteroatoms. The Morgan fingerprint density at radius 3 is 2.42 bits per heavy atom. The molecule has 26 heavy (non-hydrogen) atoms. The van der Waals surface area contributed by atoms with Gasteiger partial charge in [-0.2, -0.15) is 0 Å². The number of methoxy groups -OCH3 is 1. The fraction of sp³-hybridized carbons (Fsp3) is 0.0556. The van der Waals surface area contributed by atoms with E-state index in [1.54, 1.807) is 25.3 Å². The number of nitro groups is 1. The smallest absolute Gasteiger partial charge is 0.345 e. The van der Waals surface area contributed by atoms with Crippen molar-refractivity contribution < 1.29 is 19.2 Å². The molecule has 0 N–H and O–H groups in total. The second kappa shape index (κ2) is 7.39. The highest BCUT2D eigenvalue weighted by atomic mass is 16.6. The lowest BCUT2D eigenvalue weighted by atomic mass is 10.1. The monoisotopic (exact) mass is 351 g/mol. The largest absolute Gasteiger partial charge is 0.497 e. The molecular formula is C18H13N3O5. The first-order valence-corrected chi connectivity index (χ1v) is 7.51. The summed E-state index contributed by atoms with van der Waals surface area (Å²) in [4.78, 5) is 22.3. The first-order chi connectivity index (χ1) is 12.6. The van der Waals surface area contributed by atoms with Crippen LogP contribution in [-0.4, -0.2) is 28.2 Å². The number of carbonyl (C=O) groups is 1. The Kier molecular flexibility index (Phi) is 4.84. The second-order valence-corrected chi connectivity index (χ2v) is 5.18. The summed E-state index contributed by atoms with van der Waals surface area (Å²) in [6.07, 6.45) is 0. The van der Waals surface area contributed by atoms with Gasteiger partial charge in [-0.1, -0.05) is 6.07 Å². The highest BCUT2D eigenvalue weighted by Crippen LogP contribution is 2.21. The Morgan fingerprint density at radius 2 is 1.81 bits per heavy atom. The molecule has 0 aliphatic carbocycles. The average Bonchev–Trinajstić information content (AvgIpc) is 2.68. The van der Waals surface area contributed by atoms with Crippen molar-refractivity contribution in [1.29, 1.82) is 0 Å². The summed E-state index contributed by atoms with van der Waals surface area (Å²) in [7, 11) is 1.58. The molecule has 3 aromatic rings. The molecule has 130 valence electrons. The molecule has 0 amide bonds. The number of ether oxygens (including phenoxy) is 2. The van der Waals surface area contributed by atoms with Crippen LogP contribution >= 0.6 is 0 Å². The quantitative estimate of drug-likeness (QED) is 0.394. The van der Waals surface area contributed by atoms with Gasteiger partial charge in [0.05, 0.1) is 23.3 Å². The highest BCUT2D eigenvalue weighted by Gasteiger charge is 2.14. The van der Waals surface area contributed by atoms with Gasteiger partial charge in [0, 0.05) is 23.8 Å². The van der Waals surface area contributed by atoms with Gasteiger partial charge in [-0.15, -0.1) is 10.2 Å². The van der Waals surface area contributed by atoms with Crippen LogP contribution in [0, 0.1) is 10.1 Å². The molecule has 0 saturated heterocycles. The molecule has 0 saturated carbocycles. The van der Waals surface area contributed by atoms with Crippen molar-refractivity contribution in [3.8, 4) is 22.9 Å². The summed E-state index contributed by atoms with van der Waals surface area (Å²) < 4.78 is 10.2. The van der Waals surface area contributed by atoms with Crippen LogP contribution in [0.4, 0.5) is 5.69 Å². The van der Waals surface area contributed by atoms with Gasteiger partial charge < -0.3 is 9.47 Å². The van der Waals surface area contributed by atoms with E-state index in [0.717, 1.165) is 17.4 Å². The van der Waals surface area contributed by atoms with E-state index < -0.39 is 10.9 Å². The van der Waals surface area contributed by atoms with E-state index in [4.69, 9.17) is 9.47 Å². The van der Waals surface area contributed by atoms with Crippen molar-refractivity contribution in [3.05, 3.63) is 76.3 Å². The van der Waals surface area contributed by atoms with Gasteiger partial charge in [-0.05, 0) is 36.4 Å². The number of benzene rings is 2.